The molecular weight excluding hydrogens is 316 g/mol. The molecule has 0 radical (unpaired) electrons. The molecule has 0 unspecified atom stereocenters. The van der Waals surface area contributed by atoms with Gasteiger partial charge in [0.25, 0.3) is 0 Å². The summed E-state index contributed by atoms with van der Waals surface area (Å²) >= 11 is 0. The highest BCUT2D eigenvalue weighted by molar-refractivity contribution is 5.18. The van der Waals surface area contributed by atoms with Gasteiger partial charge in [-0.15, -0.1) is 0 Å². The molecule has 0 saturated carbocycles. The lowest BCUT2D eigenvalue weighted by Gasteiger charge is -2.41. The van der Waals surface area contributed by atoms with E-state index in [1.807, 2.05) is 36.4 Å². The molecule has 132 valence electrons. The Hall–Kier alpha value is -1.72. The van der Waals surface area contributed by atoms with Gasteiger partial charge in [0.15, 0.2) is 5.79 Å². The molecule has 0 amide bonds. The second kappa shape index (κ2) is 7.26. The van der Waals surface area contributed by atoms with E-state index in [0.717, 1.165) is 12.0 Å². The average molecular weight is 340 g/mol. The summed E-state index contributed by atoms with van der Waals surface area (Å²) in [7, 11) is 1.72. The Morgan fingerprint density at radius 2 is 1.68 bits per heavy atom. The van der Waals surface area contributed by atoms with Gasteiger partial charge in [0, 0.05) is 20.0 Å². The molecule has 4 nitrogen and oxygen atoms in total. The number of hydrogen-bond donors (Lipinski definition) is 0. The Morgan fingerprint density at radius 3 is 2.36 bits per heavy atom. The van der Waals surface area contributed by atoms with Crippen LogP contribution in [0.5, 0.6) is 0 Å². The molecule has 2 aliphatic heterocycles. The van der Waals surface area contributed by atoms with Crippen LogP contribution in [0.1, 0.15) is 17.5 Å². The second-order valence-electron chi connectivity index (χ2n) is 6.74. The van der Waals surface area contributed by atoms with E-state index >= 15 is 0 Å². The summed E-state index contributed by atoms with van der Waals surface area (Å²) in [5.41, 5.74) is 2.35. The molecular formula is C21H24O4. The quantitative estimate of drug-likeness (QED) is 0.808. The van der Waals surface area contributed by atoms with Crippen LogP contribution in [0.2, 0.25) is 0 Å². The molecule has 0 N–H and O–H groups in total. The maximum atomic E-state index is 6.32. The van der Waals surface area contributed by atoms with Crippen molar-refractivity contribution in [2.24, 2.45) is 0 Å². The third-order valence-electron chi connectivity index (χ3n) is 5.08. The molecule has 4 heteroatoms. The summed E-state index contributed by atoms with van der Waals surface area (Å²) in [6, 6.07) is 20.5. The van der Waals surface area contributed by atoms with Crippen LogP contribution in [-0.4, -0.2) is 37.8 Å². The fraction of sp³-hybridized carbons (Fsp3) is 0.429. The fourth-order valence-corrected chi connectivity index (χ4v) is 3.76. The zero-order valence-corrected chi connectivity index (χ0v) is 14.5. The van der Waals surface area contributed by atoms with Gasteiger partial charge in [-0.25, -0.2) is 0 Å². The number of rotatable bonds is 6. The van der Waals surface area contributed by atoms with E-state index in [1.165, 1.54) is 5.56 Å². The minimum atomic E-state index is -0.701. The zero-order valence-electron chi connectivity index (χ0n) is 14.5. The lowest BCUT2D eigenvalue weighted by Crippen LogP contribution is -2.54. The van der Waals surface area contributed by atoms with E-state index in [4.69, 9.17) is 18.9 Å². The van der Waals surface area contributed by atoms with Gasteiger partial charge in [0.1, 0.15) is 12.2 Å². The van der Waals surface area contributed by atoms with E-state index in [1.54, 1.807) is 7.11 Å². The third kappa shape index (κ3) is 3.48. The first-order valence-corrected chi connectivity index (χ1v) is 8.83. The highest BCUT2D eigenvalue weighted by Crippen LogP contribution is 2.41. The van der Waals surface area contributed by atoms with E-state index < -0.39 is 5.79 Å². The molecule has 25 heavy (non-hydrogen) atoms. The van der Waals surface area contributed by atoms with Crippen molar-refractivity contribution >= 4 is 0 Å². The van der Waals surface area contributed by atoms with Crippen molar-refractivity contribution < 1.29 is 18.9 Å². The van der Waals surface area contributed by atoms with Crippen LogP contribution in [0, 0.1) is 0 Å². The van der Waals surface area contributed by atoms with Crippen LogP contribution in [0.25, 0.3) is 0 Å². The number of methoxy groups -OCH3 is 1. The molecule has 2 heterocycles. The van der Waals surface area contributed by atoms with Crippen LogP contribution >= 0.6 is 0 Å². The number of ether oxygens (including phenoxy) is 4. The molecule has 0 spiro atoms. The summed E-state index contributed by atoms with van der Waals surface area (Å²) in [5.74, 6) is -0.701. The highest BCUT2D eigenvalue weighted by atomic mass is 16.8. The zero-order chi connectivity index (χ0) is 17.1. The molecule has 2 saturated heterocycles. The number of fused-ring (bicyclic) bond motifs is 2. The van der Waals surface area contributed by atoms with Gasteiger partial charge in [-0.2, -0.15) is 0 Å². The minimum Gasteiger partial charge on any atom is -0.376 e. The van der Waals surface area contributed by atoms with Crippen LogP contribution < -0.4 is 0 Å². The Morgan fingerprint density at radius 1 is 1.00 bits per heavy atom. The van der Waals surface area contributed by atoms with Crippen molar-refractivity contribution in [3.63, 3.8) is 0 Å². The summed E-state index contributed by atoms with van der Waals surface area (Å²) in [6.07, 6.45) is 1.26. The van der Waals surface area contributed by atoms with Crippen LogP contribution in [-0.2, 0) is 32.0 Å². The van der Waals surface area contributed by atoms with Gasteiger partial charge in [-0.05, 0) is 11.1 Å². The lowest BCUT2D eigenvalue weighted by atomic mass is 9.92. The van der Waals surface area contributed by atoms with Gasteiger partial charge in [0.2, 0.25) is 0 Å². The van der Waals surface area contributed by atoms with E-state index in [2.05, 4.69) is 24.3 Å². The van der Waals surface area contributed by atoms with E-state index in [-0.39, 0.29) is 18.3 Å². The van der Waals surface area contributed by atoms with Crippen LogP contribution in [0.15, 0.2) is 60.7 Å². The standard InChI is InChI=1S/C21H24O4/c1-22-20-12-18(23-14-17-10-6-3-7-11-17)19-15-24-21(20,25-19)13-16-8-4-2-5-9-16/h2-11,18-20H,12-15H2,1H3/t18-,19+,20+,21+/m0/s1. The smallest absolute Gasteiger partial charge is 0.199 e. The molecule has 2 aromatic rings. The minimum absolute atomic E-state index is 0.0171. The van der Waals surface area contributed by atoms with Gasteiger partial charge in [-0.1, -0.05) is 60.7 Å². The highest BCUT2D eigenvalue weighted by Gasteiger charge is 2.55. The summed E-state index contributed by atoms with van der Waals surface area (Å²) in [5, 5.41) is 0. The van der Waals surface area contributed by atoms with Gasteiger partial charge in [-0.3, -0.25) is 0 Å². The summed E-state index contributed by atoms with van der Waals surface area (Å²) < 4.78 is 24.3. The first kappa shape index (κ1) is 16.7. The summed E-state index contributed by atoms with van der Waals surface area (Å²) in [4.78, 5) is 0. The van der Waals surface area contributed by atoms with Crippen molar-refractivity contribution in [3.05, 3.63) is 71.8 Å². The lowest BCUT2D eigenvalue weighted by molar-refractivity contribution is -0.273. The first-order valence-electron chi connectivity index (χ1n) is 8.83. The summed E-state index contributed by atoms with van der Waals surface area (Å²) in [6.45, 7) is 1.12. The van der Waals surface area contributed by atoms with E-state index in [0.29, 0.717) is 19.6 Å². The fourth-order valence-electron chi connectivity index (χ4n) is 3.76. The van der Waals surface area contributed by atoms with Crippen LogP contribution in [0.4, 0.5) is 0 Å². The topological polar surface area (TPSA) is 36.9 Å². The van der Waals surface area contributed by atoms with Crippen molar-refractivity contribution in [1.82, 2.24) is 0 Å². The predicted octanol–water partition coefficient (Wildman–Crippen LogP) is 3.34. The molecule has 2 aliphatic rings. The Kier molecular flexibility index (Phi) is 4.86. The van der Waals surface area contributed by atoms with Gasteiger partial charge in [0.05, 0.1) is 19.3 Å². The van der Waals surface area contributed by atoms with E-state index in [9.17, 15) is 0 Å². The van der Waals surface area contributed by atoms with Gasteiger partial charge < -0.3 is 18.9 Å². The maximum Gasteiger partial charge on any atom is 0.199 e. The Balaban J connectivity index is 1.45. The Bertz CT molecular complexity index is 675. The largest absolute Gasteiger partial charge is 0.376 e. The molecule has 0 aromatic heterocycles. The average Bonchev–Trinajstić information content (AvgIpc) is 3.02. The second-order valence-corrected chi connectivity index (χ2v) is 6.74. The number of hydrogen-bond acceptors (Lipinski definition) is 4. The van der Waals surface area contributed by atoms with Crippen molar-refractivity contribution in [2.45, 2.75) is 43.5 Å². The molecule has 2 aromatic carbocycles. The monoisotopic (exact) mass is 340 g/mol. The molecule has 4 atom stereocenters. The third-order valence-corrected chi connectivity index (χ3v) is 5.08. The molecule has 0 aliphatic carbocycles. The SMILES string of the molecule is CO[C@@H]1C[C@H](OCc2ccccc2)[C@H]2CO[C@]1(Cc1ccccc1)O2. The maximum absolute atomic E-state index is 6.32. The van der Waals surface area contributed by atoms with Crippen molar-refractivity contribution in [3.8, 4) is 0 Å². The normalized spacial score (nSPS) is 31.2. The first-order chi connectivity index (χ1) is 12.3. The Labute approximate surface area is 148 Å². The number of benzene rings is 2. The molecule has 4 rings (SSSR count). The molecule has 2 fully saturated rings. The van der Waals surface area contributed by atoms with Gasteiger partial charge >= 0.3 is 0 Å². The molecule has 2 bridgehead atoms. The predicted molar refractivity (Wildman–Crippen MR) is 94.1 cm³/mol. The van der Waals surface area contributed by atoms with Crippen LogP contribution in [0.3, 0.4) is 0 Å². The van der Waals surface area contributed by atoms with Crippen molar-refractivity contribution in [1.29, 1.82) is 0 Å². The van der Waals surface area contributed by atoms with Crippen molar-refractivity contribution in [2.75, 3.05) is 13.7 Å².